The van der Waals surface area contributed by atoms with Gasteiger partial charge in [-0.1, -0.05) is 12.1 Å². The van der Waals surface area contributed by atoms with Gasteiger partial charge in [0.1, 0.15) is 17.5 Å². The SMILES string of the molecule is CCNC(=NCc1ccc(C)c(F)c1)NCC1CCc2nnc(C)n2C1.I. The molecule has 6 nitrogen and oxygen atoms in total. The summed E-state index contributed by atoms with van der Waals surface area (Å²) in [6.45, 7) is 8.81. The zero-order valence-electron chi connectivity index (χ0n) is 16.1. The fourth-order valence-electron chi connectivity index (χ4n) is 3.18. The third-order valence-electron chi connectivity index (χ3n) is 4.79. The van der Waals surface area contributed by atoms with Crippen LogP contribution < -0.4 is 10.6 Å². The average Bonchev–Trinajstić information content (AvgIpc) is 3.01. The second-order valence-electron chi connectivity index (χ2n) is 6.84. The Labute approximate surface area is 177 Å². The van der Waals surface area contributed by atoms with Crippen LogP contribution in [0.15, 0.2) is 23.2 Å². The summed E-state index contributed by atoms with van der Waals surface area (Å²) in [4.78, 5) is 4.59. The van der Waals surface area contributed by atoms with Crippen LogP contribution in [0, 0.1) is 25.6 Å². The molecule has 2 aromatic rings. The number of nitrogens with one attached hydrogen (secondary N) is 2. The van der Waals surface area contributed by atoms with Gasteiger partial charge in [0, 0.05) is 26.1 Å². The minimum absolute atomic E-state index is 0. The standard InChI is InChI=1S/C19H27FN6.HI/c1-4-21-19(22-10-15-6-5-13(2)17(20)9-15)23-11-16-7-8-18-25-24-14(3)26(18)12-16;/h5-6,9,16H,4,7-8,10-12H2,1-3H3,(H2,21,22,23);1H. The topological polar surface area (TPSA) is 67.1 Å². The Morgan fingerprint density at radius 1 is 1.30 bits per heavy atom. The van der Waals surface area contributed by atoms with Crippen molar-refractivity contribution in [3.63, 3.8) is 0 Å². The first-order valence-corrected chi connectivity index (χ1v) is 9.22. The highest BCUT2D eigenvalue weighted by Gasteiger charge is 2.21. The molecule has 148 valence electrons. The highest BCUT2D eigenvalue weighted by atomic mass is 127. The zero-order valence-corrected chi connectivity index (χ0v) is 18.5. The molecule has 1 aliphatic heterocycles. The molecule has 1 aromatic heterocycles. The number of aliphatic imine (C=N–C) groups is 1. The van der Waals surface area contributed by atoms with Gasteiger partial charge < -0.3 is 15.2 Å². The lowest BCUT2D eigenvalue weighted by Crippen LogP contribution is -2.41. The first-order valence-electron chi connectivity index (χ1n) is 9.22. The third kappa shape index (κ3) is 5.63. The van der Waals surface area contributed by atoms with Gasteiger partial charge in [-0.2, -0.15) is 0 Å². The molecular weight excluding hydrogens is 458 g/mol. The van der Waals surface area contributed by atoms with Gasteiger partial charge >= 0.3 is 0 Å². The Bertz CT molecular complexity index is 789. The number of halogens is 2. The quantitative estimate of drug-likeness (QED) is 0.388. The molecule has 3 rings (SSSR count). The lowest BCUT2D eigenvalue weighted by atomic mass is 9.99. The van der Waals surface area contributed by atoms with Crippen molar-refractivity contribution in [1.29, 1.82) is 0 Å². The molecule has 0 radical (unpaired) electrons. The van der Waals surface area contributed by atoms with Gasteiger partial charge in [-0.15, -0.1) is 34.2 Å². The lowest BCUT2D eigenvalue weighted by Gasteiger charge is -2.25. The predicted molar refractivity (Wildman–Crippen MR) is 116 cm³/mol. The molecule has 0 aliphatic carbocycles. The number of guanidine groups is 1. The Morgan fingerprint density at radius 2 is 2.11 bits per heavy atom. The minimum atomic E-state index is -0.182. The smallest absolute Gasteiger partial charge is 0.191 e. The van der Waals surface area contributed by atoms with Crippen molar-refractivity contribution in [2.75, 3.05) is 13.1 Å². The van der Waals surface area contributed by atoms with Crippen molar-refractivity contribution < 1.29 is 4.39 Å². The Kier molecular flexibility index (Phi) is 8.00. The van der Waals surface area contributed by atoms with E-state index in [9.17, 15) is 4.39 Å². The third-order valence-corrected chi connectivity index (χ3v) is 4.79. The molecule has 2 heterocycles. The maximum Gasteiger partial charge on any atom is 0.191 e. The maximum atomic E-state index is 13.7. The number of aryl methyl sites for hydroxylation is 3. The molecule has 0 saturated heterocycles. The van der Waals surface area contributed by atoms with Gasteiger partial charge in [0.25, 0.3) is 0 Å². The highest BCUT2D eigenvalue weighted by Crippen LogP contribution is 2.19. The van der Waals surface area contributed by atoms with Crippen LogP contribution in [0.5, 0.6) is 0 Å². The normalized spacial score (nSPS) is 16.4. The number of fused-ring (bicyclic) bond motifs is 1. The number of hydrogen-bond donors (Lipinski definition) is 2. The van der Waals surface area contributed by atoms with Crippen LogP contribution in [0.3, 0.4) is 0 Å². The predicted octanol–water partition coefficient (Wildman–Crippen LogP) is 2.97. The van der Waals surface area contributed by atoms with Crippen LogP contribution in [0.1, 0.15) is 36.1 Å². The molecule has 1 atom stereocenters. The summed E-state index contributed by atoms with van der Waals surface area (Å²) in [5.41, 5.74) is 1.52. The fraction of sp³-hybridized carbons (Fsp3) is 0.526. The van der Waals surface area contributed by atoms with E-state index in [0.29, 0.717) is 18.0 Å². The number of aromatic nitrogens is 3. The van der Waals surface area contributed by atoms with E-state index in [1.54, 1.807) is 19.1 Å². The molecule has 8 heteroatoms. The maximum absolute atomic E-state index is 13.7. The Morgan fingerprint density at radius 3 is 2.85 bits per heavy atom. The summed E-state index contributed by atoms with van der Waals surface area (Å²) in [5, 5.41) is 15.1. The number of benzene rings is 1. The summed E-state index contributed by atoms with van der Waals surface area (Å²) < 4.78 is 15.9. The van der Waals surface area contributed by atoms with Crippen molar-refractivity contribution in [3.05, 3.63) is 46.8 Å². The van der Waals surface area contributed by atoms with Crippen LogP contribution in [0.4, 0.5) is 4.39 Å². The van der Waals surface area contributed by atoms with Gasteiger partial charge in [0.05, 0.1) is 6.54 Å². The largest absolute Gasteiger partial charge is 0.357 e. The highest BCUT2D eigenvalue weighted by molar-refractivity contribution is 14.0. The molecule has 0 saturated carbocycles. The van der Waals surface area contributed by atoms with E-state index in [2.05, 4.69) is 30.4 Å². The van der Waals surface area contributed by atoms with E-state index >= 15 is 0 Å². The molecule has 1 aliphatic rings. The van der Waals surface area contributed by atoms with Crippen molar-refractivity contribution in [2.45, 2.75) is 46.7 Å². The second-order valence-corrected chi connectivity index (χ2v) is 6.84. The average molecular weight is 486 g/mol. The zero-order chi connectivity index (χ0) is 18.5. The van der Waals surface area contributed by atoms with Crippen LogP contribution in [-0.4, -0.2) is 33.8 Å². The molecule has 0 spiro atoms. The molecule has 0 bridgehead atoms. The second kappa shape index (κ2) is 10.0. The number of rotatable bonds is 5. The van der Waals surface area contributed by atoms with Gasteiger partial charge in [0.2, 0.25) is 0 Å². The van der Waals surface area contributed by atoms with Crippen molar-refractivity contribution >= 4 is 29.9 Å². The van der Waals surface area contributed by atoms with Gasteiger partial charge in [0.15, 0.2) is 5.96 Å². The number of hydrogen-bond acceptors (Lipinski definition) is 3. The molecule has 27 heavy (non-hydrogen) atoms. The molecule has 1 unspecified atom stereocenters. The van der Waals surface area contributed by atoms with E-state index in [0.717, 1.165) is 55.6 Å². The van der Waals surface area contributed by atoms with E-state index in [1.807, 2.05) is 19.9 Å². The van der Waals surface area contributed by atoms with Crippen molar-refractivity contribution in [3.8, 4) is 0 Å². The van der Waals surface area contributed by atoms with Crippen LogP contribution in [-0.2, 0) is 19.5 Å². The summed E-state index contributed by atoms with van der Waals surface area (Å²) in [6, 6.07) is 5.27. The van der Waals surface area contributed by atoms with Crippen LogP contribution in [0.25, 0.3) is 0 Å². The summed E-state index contributed by atoms with van der Waals surface area (Å²) >= 11 is 0. The van der Waals surface area contributed by atoms with Gasteiger partial charge in [-0.05, 0) is 50.3 Å². The van der Waals surface area contributed by atoms with E-state index in [4.69, 9.17) is 0 Å². The van der Waals surface area contributed by atoms with Crippen LogP contribution >= 0.6 is 24.0 Å². The number of nitrogens with zero attached hydrogens (tertiary/aromatic N) is 4. The Hall–Kier alpha value is -1.71. The first kappa shape index (κ1) is 21.6. The van der Waals surface area contributed by atoms with Gasteiger partial charge in [-0.3, -0.25) is 0 Å². The summed E-state index contributed by atoms with van der Waals surface area (Å²) in [7, 11) is 0. The lowest BCUT2D eigenvalue weighted by molar-refractivity contribution is 0.358. The first-order chi connectivity index (χ1) is 12.6. The molecule has 2 N–H and O–H groups in total. The minimum Gasteiger partial charge on any atom is -0.357 e. The van der Waals surface area contributed by atoms with E-state index < -0.39 is 0 Å². The Balaban J connectivity index is 0.00000261. The monoisotopic (exact) mass is 486 g/mol. The summed E-state index contributed by atoms with van der Waals surface area (Å²) in [6.07, 6.45) is 2.05. The molecule has 0 amide bonds. The summed E-state index contributed by atoms with van der Waals surface area (Å²) in [5.74, 6) is 3.16. The van der Waals surface area contributed by atoms with Crippen molar-refractivity contribution in [2.24, 2.45) is 10.9 Å². The molecule has 0 fully saturated rings. The van der Waals surface area contributed by atoms with E-state index in [1.165, 1.54) is 0 Å². The van der Waals surface area contributed by atoms with Crippen LogP contribution in [0.2, 0.25) is 0 Å². The van der Waals surface area contributed by atoms with E-state index in [-0.39, 0.29) is 29.8 Å². The molecular formula is C19H28FIN6. The van der Waals surface area contributed by atoms with Gasteiger partial charge in [-0.25, -0.2) is 9.38 Å². The fourth-order valence-corrected chi connectivity index (χ4v) is 3.18. The van der Waals surface area contributed by atoms with Crippen molar-refractivity contribution in [1.82, 2.24) is 25.4 Å². The molecule has 1 aromatic carbocycles.